The summed E-state index contributed by atoms with van der Waals surface area (Å²) in [7, 11) is 0. The van der Waals surface area contributed by atoms with Crippen LogP contribution in [-0.4, -0.2) is 17.9 Å². The average molecular weight is 359 g/mol. The average Bonchev–Trinajstić information content (AvgIpc) is 2.91. The van der Waals surface area contributed by atoms with E-state index < -0.39 is 0 Å². The highest BCUT2D eigenvalue weighted by molar-refractivity contribution is 5.87. The molecule has 144 valence electrons. The molecular formula is C23H34O3. The van der Waals surface area contributed by atoms with Gasteiger partial charge in [-0.15, -0.1) is 0 Å². The second-order valence-corrected chi connectivity index (χ2v) is 9.78. The molecule has 0 amide bonds. The van der Waals surface area contributed by atoms with Crippen molar-refractivity contribution in [2.24, 2.45) is 28.6 Å². The minimum atomic E-state index is -0.0459. The van der Waals surface area contributed by atoms with E-state index in [9.17, 15) is 9.59 Å². The second-order valence-electron chi connectivity index (χ2n) is 9.78. The minimum absolute atomic E-state index is 0.0340. The first-order valence-electron chi connectivity index (χ1n) is 10.8. The molecule has 3 fully saturated rings. The Labute approximate surface area is 157 Å². The summed E-state index contributed by atoms with van der Waals surface area (Å²) in [5.41, 5.74) is 1.74. The molecule has 0 heterocycles. The van der Waals surface area contributed by atoms with Crippen LogP contribution >= 0.6 is 0 Å². The van der Waals surface area contributed by atoms with Crippen molar-refractivity contribution in [3.05, 3.63) is 11.6 Å². The molecule has 6 atom stereocenters. The Hall–Kier alpha value is -1.12. The summed E-state index contributed by atoms with van der Waals surface area (Å²) >= 11 is 0. The van der Waals surface area contributed by atoms with Crippen molar-refractivity contribution in [3.8, 4) is 0 Å². The molecule has 0 saturated heterocycles. The topological polar surface area (TPSA) is 43.4 Å². The Bertz CT molecular complexity index is 635. The summed E-state index contributed by atoms with van der Waals surface area (Å²) in [6.45, 7) is 6.72. The largest absolute Gasteiger partial charge is 0.462 e. The van der Waals surface area contributed by atoms with Crippen LogP contribution in [-0.2, 0) is 14.3 Å². The maximum Gasteiger partial charge on any atom is 0.306 e. The summed E-state index contributed by atoms with van der Waals surface area (Å²) in [6, 6.07) is 0. The lowest BCUT2D eigenvalue weighted by atomic mass is 9.48. The summed E-state index contributed by atoms with van der Waals surface area (Å²) in [5.74, 6) is 2.45. The second kappa shape index (κ2) is 6.49. The number of hydrogen-bond acceptors (Lipinski definition) is 3. The fourth-order valence-corrected chi connectivity index (χ4v) is 6.95. The van der Waals surface area contributed by atoms with Gasteiger partial charge in [-0.2, -0.15) is 0 Å². The molecule has 0 aromatic heterocycles. The van der Waals surface area contributed by atoms with Gasteiger partial charge in [0, 0.05) is 24.7 Å². The number of esters is 1. The van der Waals surface area contributed by atoms with Crippen molar-refractivity contribution in [2.75, 3.05) is 0 Å². The molecule has 0 aliphatic heterocycles. The van der Waals surface area contributed by atoms with Crippen LogP contribution in [0.25, 0.3) is 0 Å². The molecule has 0 aromatic carbocycles. The Morgan fingerprint density at radius 2 is 1.88 bits per heavy atom. The molecular weight excluding hydrogens is 324 g/mol. The Balaban J connectivity index is 1.52. The van der Waals surface area contributed by atoms with E-state index in [0.717, 1.165) is 51.4 Å². The molecule has 4 rings (SSSR count). The summed E-state index contributed by atoms with van der Waals surface area (Å²) in [6.07, 6.45) is 12.3. The first-order chi connectivity index (χ1) is 12.4. The van der Waals surface area contributed by atoms with Gasteiger partial charge in [-0.25, -0.2) is 0 Å². The maximum absolute atomic E-state index is 12.5. The molecule has 3 nitrogen and oxygen atoms in total. The smallest absolute Gasteiger partial charge is 0.306 e. The quantitative estimate of drug-likeness (QED) is 0.512. The molecule has 4 aliphatic rings. The monoisotopic (exact) mass is 358 g/mol. The standard InChI is InChI=1S/C23H34O3/c1-4-5-21(25)26-16-10-12-22(2)15(14-16)6-7-17-18-8-9-20(24)23(18,3)13-11-19(17)22/h6,16-19H,4-5,7-14H2,1-3H3/t16-,17-,18-,19-,22-,23-/m0/s1. The van der Waals surface area contributed by atoms with Gasteiger partial charge in [0.25, 0.3) is 0 Å². The maximum atomic E-state index is 12.5. The van der Waals surface area contributed by atoms with Gasteiger partial charge in [0.1, 0.15) is 11.9 Å². The number of carbonyl (C=O) groups excluding carboxylic acids is 2. The molecule has 0 spiro atoms. The van der Waals surface area contributed by atoms with Crippen molar-refractivity contribution >= 4 is 11.8 Å². The first-order valence-corrected chi connectivity index (χ1v) is 10.8. The number of fused-ring (bicyclic) bond motifs is 5. The molecule has 0 N–H and O–H groups in total. The van der Waals surface area contributed by atoms with E-state index in [1.54, 1.807) is 0 Å². The number of ether oxygens (including phenoxy) is 1. The van der Waals surface area contributed by atoms with Gasteiger partial charge < -0.3 is 4.74 Å². The van der Waals surface area contributed by atoms with Crippen LogP contribution in [0.2, 0.25) is 0 Å². The van der Waals surface area contributed by atoms with Crippen LogP contribution in [0.4, 0.5) is 0 Å². The lowest BCUT2D eigenvalue weighted by molar-refractivity contribution is -0.151. The zero-order valence-corrected chi connectivity index (χ0v) is 16.7. The van der Waals surface area contributed by atoms with E-state index in [1.807, 2.05) is 6.92 Å². The van der Waals surface area contributed by atoms with Gasteiger partial charge in [0.15, 0.2) is 0 Å². The fraction of sp³-hybridized carbons (Fsp3) is 0.826. The van der Waals surface area contributed by atoms with Crippen LogP contribution in [0, 0.1) is 28.6 Å². The third-order valence-corrected chi connectivity index (χ3v) is 8.52. The molecule has 3 saturated carbocycles. The molecule has 3 heteroatoms. The van der Waals surface area contributed by atoms with Crippen molar-refractivity contribution in [1.82, 2.24) is 0 Å². The summed E-state index contributed by atoms with van der Waals surface area (Å²) in [5, 5.41) is 0. The third kappa shape index (κ3) is 2.68. The fourth-order valence-electron chi connectivity index (χ4n) is 6.95. The third-order valence-electron chi connectivity index (χ3n) is 8.52. The predicted octanol–water partition coefficient (Wildman–Crippen LogP) is 5.23. The zero-order chi connectivity index (χ0) is 18.5. The molecule has 26 heavy (non-hydrogen) atoms. The number of carbonyl (C=O) groups is 2. The van der Waals surface area contributed by atoms with E-state index >= 15 is 0 Å². The number of allylic oxidation sites excluding steroid dienone is 1. The lowest BCUT2D eigenvalue weighted by Crippen LogP contribution is -2.50. The van der Waals surface area contributed by atoms with Gasteiger partial charge in [-0.3, -0.25) is 9.59 Å². The number of hydrogen-bond donors (Lipinski definition) is 0. The number of ketones is 1. The van der Waals surface area contributed by atoms with Gasteiger partial charge in [0.2, 0.25) is 0 Å². The highest BCUT2D eigenvalue weighted by Gasteiger charge is 2.58. The first kappa shape index (κ1) is 18.3. The molecule has 0 radical (unpaired) electrons. The number of rotatable bonds is 3. The SMILES string of the molecule is CCCC(=O)O[C@H]1CC[C@@]2(C)C(=CC[C@@H]3[C@@H]2CC[C@]2(C)C(=O)CC[C@@H]32)C1. The normalized spacial score (nSPS) is 44.6. The molecule has 0 bridgehead atoms. The predicted molar refractivity (Wildman–Crippen MR) is 101 cm³/mol. The van der Waals surface area contributed by atoms with Gasteiger partial charge in [-0.1, -0.05) is 32.4 Å². The minimum Gasteiger partial charge on any atom is -0.462 e. The van der Waals surface area contributed by atoms with E-state index in [0.29, 0.717) is 30.0 Å². The van der Waals surface area contributed by atoms with Crippen molar-refractivity contribution < 1.29 is 14.3 Å². The Morgan fingerprint density at radius 3 is 2.65 bits per heavy atom. The van der Waals surface area contributed by atoms with Gasteiger partial charge in [-0.05, 0) is 68.1 Å². The van der Waals surface area contributed by atoms with E-state index in [2.05, 4.69) is 19.9 Å². The van der Waals surface area contributed by atoms with E-state index in [1.165, 1.54) is 12.0 Å². The number of Topliss-reactive ketones (excluding diaryl/α,β-unsaturated/α-hetero) is 1. The van der Waals surface area contributed by atoms with E-state index in [-0.39, 0.29) is 22.9 Å². The molecule has 0 aromatic rings. The van der Waals surface area contributed by atoms with Crippen molar-refractivity contribution in [1.29, 1.82) is 0 Å². The summed E-state index contributed by atoms with van der Waals surface area (Å²) < 4.78 is 5.74. The van der Waals surface area contributed by atoms with Crippen LogP contribution < -0.4 is 0 Å². The highest BCUT2D eigenvalue weighted by atomic mass is 16.5. The zero-order valence-electron chi connectivity index (χ0n) is 16.7. The molecule has 4 aliphatic carbocycles. The molecule has 0 unspecified atom stereocenters. The van der Waals surface area contributed by atoms with Crippen LogP contribution in [0.15, 0.2) is 11.6 Å². The van der Waals surface area contributed by atoms with Crippen molar-refractivity contribution in [2.45, 2.75) is 91.1 Å². The van der Waals surface area contributed by atoms with E-state index in [4.69, 9.17) is 4.74 Å². The van der Waals surface area contributed by atoms with Gasteiger partial charge in [0.05, 0.1) is 0 Å². The highest BCUT2D eigenvalue weighted by Crippen LogP contribution is 2.64. The Kier molecular flexibility index (Phi) is 4.56. The lowest BCUT2D eigenvalue weighted by Gasteiger charge is -2.56. The van der Waals surface area contributed by atoms with Crippen molar-refractivity contribution in [3.63, 3.8) is 0 Å². The van der Waals surface area contributed by atoms with Gasteiger partial charge >= 0.3 is 5.97 Å². The summed E-state index contributed by atoms with van der Waals surface area (Å²) in [4.78, 5) is 24.4. The van der Waals surface area contributed by atoms with Crippen LogP contribution in [0.1, 0.15) is 85.0 Å². The van der Waals surface area contributed by atoms with Crippen LogP contribution in [0.3, 0.4) is 0 Å². The Morgan fingerprint density at radius 1 is 1.15 bits per heavy atom. The van der Waals surface area contributed by atoms with Crippen LogP contribution in [0.5, 0.6) is 0 Å².